The van der Waals surface area contributed by atoms with E-state index in [-0.39, 0.29) is 0 Å². The van der Waals surface area contributed by atoms with E-state index in [1.807, 2.05) is 12.2 Å². The van der Waals surface area contributed by atoms with Crippen LogP contribution in [-0.2, 0) is 0 Å². The number of rotatable bonds is 1. The number of aliphatic hydroxyl groups is 2. The average molecular weight is 306 g/mol. The van der Waals surface area contributed by atoms with Gasteiger partial charge in [-0.3, -0.25) is 0 Å². The van der Waals surface area contributed by atoms with Crippen LogP contribution in [0.4, 0.5) is 0 Å². The molecule has 0 saturated carbocycles. The predicted octanol–water partition coefficient (Wildman–Crippen LogP) is 4.78. The molecule has 1 aliphatic carbocycles. The van der Waals surface area contributed by atoms with Gasteiger partial charge in [0, 0.05) is 6.42 Å². The van der Waals surface area contributed by atoms with Crippen molar-refractivity contribution in [2.75, 3.05) is 0 Å². The van der Waals surface area contributed by atoms with E-state index in [0.29, 0.717) is 18.3 Å². The lowest BCUT2D eigenvalue weighted by Gasteiger charge is -2.24. The van der Waals surface area contributed by atoms with Crippen LogP contribution in [0.3, 0.4) is 0 Å². The molecule has 0 spiro atoms. The molecule has 1 aliphatic rings. The van der Waals surface area contributed by atoms with E-state index in [0.717, 1.165) is 25.7 Å². The van der Waals surface area contributed by atoms with E-state index in [1.54, 1.807) is 6.92 Å². The Kier molecular flexibility index (Phi) is 7.58. The van der Waals surface area contributed by atoms with E-state index in [1.165, 1.54) is 11.1 Å². The summed E-state index contributed by atoms with van der Waals surface area (Å²) in [5.74, 6) is 1.02. The molecule has 0 aromatic heterocycles. The lowest BCUT2D eigenvalue weighted by atomic mass is 9.86. The molecule has 0 radical (unpaired) electrons. The predicted molar refractivity (Wildman–Crippen MR) is 94.7 cm³/mol. The Morgan fingerprint density at radius 3 is 2.50 bits per heavy atom. The van der Waals surface area contributed by atoms with Gasteiger partial charge in [0.1, 0.15) is 0 Å². The topological polar surface area (TPSA) is 40.5 Å². The second-order valence-corrected chi connectivity index (χ2v) is 7.54. The average Bonchev–Trinajstić information content (AvgIpc) is 2.36. The second-order valence-electron chi connectivity index (χ2n) is 7.54. The number of allylic oxidation sites excluding steroid dienone is 4. The van der Waals surface area contributed by atoms with Crippen molar-refractivity contribution in [3.05, 3.63) is 35.5 Å². The lowest BCUT2D eigenvalue weighted by molar-refractivity contribution is 0.0565. The molecule has 126 valence electrons. The number of hydrogen-bond donors (Lipinski definition) is 2. The Labute approximate surface area is 136 Å². The molecule has 1 rings (SSSR count). The van der Waals surface area contributed by atoms with Crippen LogP contribution in [0.1, 0.15) is 66.7 Å². The van der Waals surface area contributed by atoms with Gasteiger partial charge >= 0.3 is 0 Å². The fourth-order valence-electron chi connectivity index (χ4n) is 2.99. The van der Waals surface area contributed by atoms with E-state index >= 15 is 0 Å². The van der Waals surface area contributed by atoms with Gasteiger partial charge in [0.05, 0.1) is 11.7 Å². The first kappa shape index (κ1) is 19.2. The Bertz CT molecular complexity index is 427. The third-order valence-corrected chi connectivity index (χ3v) is 4.56. The molecule has 0 amide bonds. The normalized spacial score (nSPS) is 38.5. The molecule has 22 heavy (non-hydrogen) atoms. The summed E-state index contributed by atoms with van der Waals surface area (Å²) in [5.41, 5.74) is 1.67. The maximum absolute atomic E-state index is 10.5. The smallest absolute Gasteiger partial charge is 0.0827 e. The molecule has 3 atom stereocenters. The molecule has 0 aromatic rings. The van der Waals surface area contributed by atoms with Gasteiger partial charge in [0.25, 0.3) is 0 Å². The van der Waals surface area contributed by atoms with Gasteiger partial charge in [-0.15, -0.1) is 0 Å². The van der Waals surface area contributed by atoms with E-state index in [4.69, 9.17) is 0 Å². The Morgan fingerprint density at radius 1 is 1.18 bits per heavy atom. The highest BCUT2D eigenvalue weighted by atomic mass is 16.3. The standard InChI is InChI=1S/C20H34O2/c1-15(2)18-10-9-16(3)7-6-8-17(4)13-19(21)14-20(5,22)12-11-18/h7,11-13,15,18-19,21-22H,6,8-10,14H2,1-5H3/b12-11+,16-7+,17-13-. The highest BCUT2D eigenvalue weighted by Crippen LogP contribution is 2.25. The maximum atomic E-state index is 10.5. The summed E-state index contributed by atoms with van der Waals surface area (Å²) in [6.07, 6.45) is 12.2. The van der Waals surface area contributed by atoms with Crippen molar-refractivity contribution >= 4 is 0 Å². The first-order valence-corrected chi connectivity index (χ1v) is 8.62. The van der Waals surface area contributed by atoms with Gasteiger partial charge in [-0.25, -0.2) is 0 Å². The van der Waals surface area contributed by atoms with Crippen molar-refractivity contribution in [1.82, 2.24) is 0 Å². The fraction of sp³-hybridized carbons (Fsp3) is 0.700. The quantitative estimate of drug-likeness (QED) is 0.684. The summed E-state index contributed by atoms with van der Waals surface area (Å²) < 4.78 is 0. The highest BCUT2D eigenvalue weighted by Gasteiger charge is 2.21. The van der Waals surface area contributed by atoms with Crippen molar-refractivity contribution in [3.8, 4) is 0 Å². The first-order chi connectivity index (χ1) is 10.2. The Hall–Kier alpha value is -0.860. The fourth-order valence-corrected chi connectivity index (χ4v) is 2.99. The first-order valence-electron chi connectivity index (χ1n) is 8.62. The third-order valence-electron chi connectivity index (χ3n) is 4.56. The van der Waals surface area contributed by atoms with Crippen molar-refractivity contribution in [2.45, 2.75) is 78.4 Å². The molecule has 0 aliphatic heterocycles. The third kappa shape index (κ3) is 7.42. The zero-order valence-electron chi connectivity index (χ0n) is 15.0. The van der Waals surface area contributed by atoms with Crippen LogP contribution >= 0.6 is 0 Å². The molecule has 2 heteroatoms. The summed E-state index contributed by atoms with van der Waals surface area (Å²) in [4.78, 5) is 0. The molecule has 0 bridgehead atoms. The summed E-state index contributed by atoms with van der Waals surface area (Å²) in [5, 5.41) is 20.7. The zero-order chi connectivity index (χ0) is 16.8. The van der Waals surface area contributed by atoms with Crippen LogP contribution in [0.15, 0.2) is 35.5 Å². The Morgan fingerprint density at radius 2 is 1.86 bits per heavy atom. The molecular formula is C20H34O2. The van der Waals surface area contributed by atoms with E-state index in [9.17, 15) is 10.2 Å². The van der Waals surface area contributed by atoms with Gasteiger partial charge < -0.3 is 10.2 Å². The second kappa shape index (κ2) is 8.69. The molecule has 0 fully saturated rings. The van der Waals surface area contributed by atoms with E-state index in [2.05, 4.69) is 39.8 Å². The summed E-state index contributed by atoms with van der Waals surface area (Å²) in [6.45, 7) is 10.5. The van der Waals surface area contributed by atoms with Crippen LogP contribution in [0.5, 0.6) is 0 Å². The van der Waals surface area contributed by atoms with Crippen molar-refractivity contribution in [1.29, 1.82) is 0 Å². The minimum absolute atomic E-state index is 0.348. The van der Waals surface area contributed by atoms with E-state index < -0.39 is 11.7 Å². The van der Waals surface area contributed by atoms with Crippen molar-refractivity contribution < 1.29 is 10.2 Å². The van der Waals surface area contributed by atoms with Crippen molar-refractivity contribution in [2.24, 2.45) is 11.8 Å². The minimum atomic E-state index is -0.960. The van der Waals surface area contributed by atoms with Gasteiger partial charge in [-0.2, -0.15) is 0 Å². The zero-order valence-corrected chi connectivity index (χ0v) is 15.0. The molecule has 0 saturated heterocycles. The molecule has 3 unspecified atom stereocenters. The molecule has 0 heterocycles. The van der Waals surface area contributed by atoms with Crippen molar-refractivity contribution in [3.63, 3.8) is 0 Å². The van der Waals surface area contributed by atoms with Crippen LogP contribution in [0.25, 0.3) is 0 Å². The van der Waals surface area contributed by atoms with Crippen LogP contribution in [0.2, 0.25) is 0 Å². The maximum Gasteiger partial charge on any atom is 0.0827 e. The molecule has 2 N–H and O–H groups in total. The van der Waals surface area contributed by atoms with Crippen LogP contribution in [0, 0.1) is 11.8 Å². The van der Waals surface area contributed by atoms with Gasteiger partial charge in [-0.05, 0) is 58.3 Å². The number of aliphatic hydroxyl groups excluding tert-OH is 1. The van der Waals surface area contributed by atoms with Gasteiger partial charge in [0.2, 0.25) is 0 Å². The van der Waals surface area contributed by atoms with Gasteiger partial charge in [-0.1, -0.05) is 49.3 Å². The molecule has 0 aromatic carbocycles. The van der Waals surface area contributed by atoms with Crippen LogP contribution < -0.4 is 0 Å². The monoisotopic (exact) mass is 306 g/mol. The highest BCUT2D eigenvalue weighted by molar-refractivity contribution is 5.10. The van der Waals surface area contributed by atoms with Crippen LogP contribution in [-0.4, -0.2) is 21.9 Å². The summed E-state index contributed by atoms with van der Waals surface area (Å²) >= 11 is 0. The minimum Gasteiger partial charge on any atom is -0.389 e. The largest absolute Gasteiger partial charge is 0.389 e. The lowest BCUT2D eigenvalue weighted by Crippen LogP contribution is -2.27. The summed E-state index contributed by atoms with van der Waals surface area (Å²) in [6, 6.07) is 0. The summed E-state index contributed by atoms with van der Waals surface area (Å²) in [7, 11) is 0. The molecule has 2 nitrogen and oxygen atoms in total. The number of hydrogen-bond acceptors (Lipinski definition) is 2. The van der Waals surface area contributed by atoms with Gasteiger partial charge in [0.15, 0.2) is 0 Å². The SMILES string of the molecule is C/C1=C/C(O)CC(C)(O)/C=C/C(C(C)C)CC/C(C)=C/CC1. The molecular weight excluding hydrogens is 272 g/mol. The Balaban J connectivity index is 2.97.